The molecule has 0 atom stereocenters. The average Bonchev–Trinajstić information content (AvgIpc) is 3.38. The predicted molar refractivity (Wildman–Crippen MR) is 137 cm³/mol. The van der Waals surface area contributed by atoms with E-state index in [0.29, 0.717) is 11.4 Å². The van der Waals surface area contributed by atoms with Crippen LogP contribution in [0, 0.1) is 0 Å². The summed E-state index contributed by atoms with van der Waals surface area (Å²) in [4.78, 5) is 38.7. The third kappa shape index (κ3) is 4.17. The van der Waals surface area contributed by atoms with Crippen molar-refractivity contribution >= 4 is 39.3 Å². The number of H-pyrrole nitrogens is 1. The van der Waals surface area contributed by atoms with E-state index in [-0.39, 0.29) is 5.91 Å². The fourth-order valence-electron chi connectivity index (χ4n) is 4.38. The number of carbonyl (C=O) groups excluding carboxylic acids is 1. The maximum absolute atomic E-state index is 13.0. The maximum Gasteiger partial charge on any atom is 0.257 e. The summed E-state index contributed by atoms with van der Waals surface area (Å²) in [5, 5.41) is 4.86. The van der Waals surface area contributed by atoms with E-state index in [1.165, 1.54) is 0 Å². The zero-order valence-electron chi connectivity index (χ0n) is 19.3. The van der Waals surface area contributed by atoms with Crippen molar-refractivity contribution in [1.82, 2.24) is 29.8 Å². The molecule has 0 radical (unpaired) electrons. The van der Waals surface area contributed by atoms with Gasteiger partial charge in [0.15, 0.2) is 0 Å². The number of aromatic nitrogens is 5. The molecule has 174 valence electrons. The highest BCUT2D eigenvalue weighted by Gasteiger charge is 2.17. The molecule has 5 aromatic rings. The fourth-order valence-corrected chi connectivity index (χ4v) is 4.38. The van der Waals surface area contributed by atoms with Gasteiger partial charge in [-0.25, -0.2) is 15.0 Å². The molecule has 35 heavy (non-hydrogen) atoms. The van der Waals surface area contributed by atoms with Gasteiger partial charge in [0.2, 0.25) is 0 Å². The number of hydrogen-bond acceptors (Lipinski definition) is 7. The van der Waals surface area contributed by atoms with E-state index < -0.39 is 0 Å². The van der Waals surface area contributed by atoms with Gasteiger partial charge in [0, 0.05) is 78.9 Å². The molecule has 6 rings (SSSR count). The second-order valence-corrected chi connectivity index (χ2v) is 8.73. The fraction of sp³-hybridized carbons (Fsp3) is 0.192. The van der Waals surface area contributed by atoms with Crippen molar-refractivity contribution in [3.8, 4) is 11.3 Å². The third-order valence-electron chi connectivity index (χ3n) is 6.40. The molecule has 0 spiro atoms. The van der Waals surface area contributed by atoms with Gasteiger partial charge in [-0.1, -0.05) is 0 Å². The van der Waals surface area contributed by atoms with Gasteiger partial charge >= 0.3 is 0 Å². The summed E-state index contributed by atoms with van der Waals surface area (Å²) in [5.74, 6) is 1.03. The largest absolute Gasteiger partial charge is 0.360 e. The lowest BCUT2D eigenvalue weighted by Gasteiger charge is -2.33. The van der Waals surface area contributed by atoms with Gasteiger partial charge in [0.25, 0.3) is 5.91 Å². The highest BCUT2D eigenvalue weighted by atomic mass is 16.1. The Labute approximate surface area is 201 Å². The first-order valence-corrected chi connectivity index (χ1v) is 11.5. The molecule has 2 N–H and O–H groups in total. The third-order valence-corrected chi connectivity index (χ3v) is 6.40. The first-order valence-electron chi connectivity index (χ1n) is 11.5. The molecule has 5 aromatic heterocycles. The van der Waals surface area contributed by atoms with Gasteiger partial charge in [-0.05, 0) is 37.4 Å². The minimum absolute atomic E-state index is 0.230. The first kappa shape index (κ1) is 21.2. The zero-order chi connectivity index (χ0) is 23.8. The monoisotopic (exact) mass is 464 g/mol. The van der Waals surface area contributed by atoms with Crippen LogP contribution in [0.15, 0.2) is 67.4 Å². The van der Waals surface area contributed by atoms with Gasteiger partial charge in [0.1, 0.15) is 11.6 Å². The molecular formula is C26H24N8O. The standard InChI is InChI=1S/C26H24N8O/c1-33-8-10-34(11-9-33)25-12-17(4-6-29-25)26(35)32-24-13-22-18(14-30-24)2-3-21(31-22)20-15-27-16-23-19(20)5-7-28-23/h2-7,12-16,28H,8-11H2,1H3,(H,30,32,35). The van der Waals surface area contributed by atoms with E-state index >= 15 is 0 Å². The summed E-state index contributed by atoms with van der Waals surface area (Å²) in [6.07, 6.45) is 8.91. The molecule has 9 heteroatoms. The summed E-state index contributed by atoms with van der Waals surface area (Å²) in [6.45, 7) is 3.73. The summed E-state index contributed by atoms with van der Waals surface area (Å²) >= 11 is 0. The molecule has 1 aliphatic heterocycles. The molecule has 6 heterocycles. The Morgan fingerprint density at radius 2 is 1.89 bits per heavy atom. The number of nitrogens with one attached hydrogen (secondary N) is 2. The second-order valence-electron chi connectivity index (χ2n) is 8.73. The van der Waals surface area contributed by atoms with Crippen LogP contribution in [0.2, 0.25) is 0 Å². The summed E-state index contributed by atoms with van der Waals surface area (Å²) in [6, 6.07) is 11.3. The SMILES string of the molecule is CN1CCN(c2cc(C(=O)Nc3cc4nc(-c5cncc6[nH]ccc56)ccc4cn3)ccn2)CC1. The molecule has 1 saturated heterocycles. The number of hydrogen-bond donors (Lipinski definition) is 2. The predicted octanol–water partition coefficient (Wildman–Crippen LogP) is 3.57. The van der Waals surface area contributed by atoms with Crippen molar-refractivity contribution in [1.29, 1.82) is 0 Å². The minimum Gasteiger partial charge on any atom is -0.360 e. The van der Waals surface area contributed by atoms with Crippen LogP contribution >= 0.6 is 0 Å². The number of rotatable bonds is 4. The maximum atomic E-state index is 13.0. The van der Waals surface area contributed by atoms with E-state index in [1.54, 1.807) is 30.7 Å². The molecule has 0 saturated carbocycles. The van der Waals surface area contributed by atoms with E-state index in [4.69, 9.17) is 4.98 Å². The van der Waals surface area contributed by atoms with Crippen molar-refractivity contribution in [2.45, 2.75) is 0 Å². The molecule has 9 nitrogen and oxygen atoms in total. The lowest BCUT2D eigenvalue weighted by atomic mass is 10.1. The summed E-state index contributed by atoms with van der Waals surface area (Å²) in [5.41, 5.74) is 4.00. The van der Waals surface area contributed by atoms with E-state index in [1.807, 2.05) is 36.7 Å². The Balaban J connectivity index is 1.26. The minimum atomic E-state index is -0.230. The van der Waals surface area contributed by atoms with E-state index in [2.05, 4.69) is 42.1 Å². The molecule has 0 aliphatic carbocycles. The number of amides is 1. The molecule has 1 aliphatic rings. The van der Waals surface area contributed by atoms with Crippen LogP contribution in [-0.2, 0) is 0 Å². The van der Waals surface area contributed by atoms with Crippen LogP contribution in [0.25, 0.3) is 33.1 Å². The Morgan fingerprint density at radius 3 is 2.77 bits per heavy atom. The Kier molecular flexibility index (Phi) is 5.31. The van der Waals surface area contributed by atoms with Crippen molar-refractivity contribution in [2.24, 2.45) is 0 Å². The van der Waals surface area contributed by atoms with Crippen molar-refractivity contribution < 1.29 is 4.79 Å². The topological polar surface area (TPSA) is 103 Å². The van der Waals surface area contributed by atoms with Crippen LogP contribution in [-0.4, -0.2) is 69.0 Å². The number of pyridine rings is 4. The van der Waals surface area contributed by atoms with Crippen molar-refractivity contribution in [3.63, 3.8) is 0 Å². The van der Waals surface area contributed by atoms with Gasteiger partial charge in [-0.3, -0.25) is 9.78 Å². The number of carbonyl (C=O) groups is 1. The van der Waals surface area contributed by atoms with Crippen LogP contribution in [0.5, 0.6) is 0 Å². The van der Waals surface area contributed by atoms with Crippen molar-refractivity contribution in [3.05, 3.63) is 72.9 Å². The number of aromatic amines is 1. The number of nitrogens with zero attached hydrogens (tertiary/aromatic N) is 6. The number of fused-ring (bicyclic) bond motifs is 2. The molecule has 1 amide bonds. The highest BCUT2D eigenvalue weighted by Crippen LogP contribution is 2.28. The molecule has 1 fully saturated rings. The molecule has 0 unspecified atom stereocenters. The van der Waals surface area contributed by atoms with E-state index in [9.17, 15) is 4.79 Å². The van der Waals surface area contributed by atoms with Crippen LogP contribution in [0.1, 0.15) is 10.4 Å². The summed E-state index contributed by atoms with van der Waals surface area (Å²) in [7, 11) is 2.11. The van der Waals surface area contributed by atoms with Crippen LogP contribution < -0.4 is 10.2 Å². The molecule has 0 bridgehead atoms. The van der Waals surface area contributed by atoms with Crippen LogP contribution in [0.3, 0.4) is 0 Å². The van der Waals surface area contributed by atoms with Crippen molar-refractivity contribution in [2.75, 3.05) is 43.4 Å². The van der Waals surface area contributed by atoms with Gasteiger partial charge < -0.3 is 20.1 Å². The average molecular weight is 465 g/mol. The number of likely N-dealkylation sites (N-methyl/N-ethyl adjacent to an activating group) is 1. The highest BCUT2D eigenvalue weighted by molar-refractivity contribution is 6.05. The second kappa shape index (κ2) is 8.77. The van der Waals surface area contributed by atoms with Gasteiger partial charge in [-0.15, -0.1) is 0 Å². The van der Waals surface area contributed by atoms with E-state index in [0.717, 1.165) is 65.1 Å². The zero-order valence-corrected chi connectivity index (χ0v) is 19.3. The normalized spacial score (nSPS) is 14.5. The Bertz CT molecular complexity index is 1540. The molecule has 0 aromatic carbocycles. The summed E-state index contributed by atoms with van der Waals surface area (Å²) < 4.78 is 0. The smallest absolute Gasteiger partial charge is 0.257 e. The quantitative estimate of drug-likeness (QED) is 0.419. The molecular weight excluding hydrogens is 440 g/mol. The Hall–Kier alpha value is -4.37. The first-order chi connectivity index (χ1) is 17.1. The van der Waals surface area contributed by atoms with Crippen LogP contribution in [0.4, 0.5) is 11.6 Å². The van der Waals surface area contributed by atoms with Gasteiger partial charge in [-0.2, -0.15) is 0 Å². The number of anilines is 2. The lowest BCUT2D eigenvalue weighted by molar-refractivity contribution is 0.102. The lowest BCUT2D eigenvalue weighted by Crippen LogP contribution is -2.44. The van der Waals surface area contributed by atoms with Gasteiger partial charge in [0.05, 0.1) is 22.9 Å². The Morgan fingerprint density at radius 1 is 1.00 bits per heavy atom. The number of piperazine rings is 1.